The zero-order valence-electron chi connectivity index (χ0n) is 7.98. The second-order valence-electron chi connectivity index (χ2n) is 3.13. The van der Waals surface area contributed by atoms with E-state index < -0.39 is 0 Å². The summed E-state index contributed by atoms with van der Waals surface area (Å²) in [5.74, 6) is 1.59. The summed E-state index contributed by atoms with van der Waals surface area (Å²) >= 11 is 3.37. The fourth-order valence-corrected chi connectivity index (χ4v) is 1.44. The van der Waals surface area contributed by atoms with E-state index in [1.165, 1.54) is 0 Å². The average Bonchev–Trinajstić information content (AvgIpc) is 2.25. The lowest BCUT2D eigenvalue weighted by atomic mass is 9.97. The highest BCUT2D eigenvalue weighted by Crippen LogP contribution is 2.22. The molecule has 3 heteroatoms. The second-order valence-corrected chi connectivity index (χ2v) is 4.04. The Labute approximate surface area is 98.6 Å². The molecule has 0 unspecified atom stereocenters. The minimum absolute atomic E-state index is 0.734. The molecule has 2 aromatic carbocycles. The van der Waals surface area contributed by atoms with Crippen molar-refractivity contribution in [3.05, 3.63) is 53.0 Å². The largest absolute Gasteiger partial charge is 0.457 e. The fourth-order valence-electron chi connectivity index (χ4n) is 1.17. The normalized spacial score (nSPS) is 9.93. The molecule has 0 aliphatic heterocycles. The van der Waals surface area contributed by atoms with E-state index in [4.69, 9.17) is 12.6 Å². The van der Waals surface area contributed by atoms with Crippen molar-refractivity contribution in [2.45, 2.75) is 0 Å². The van der Waals surface area contributed by atoms with Crippen LogP contribution in [0, 0.1) is 0 Å². The van der Waals surface area contributed by atoms with Crippen LogP contribution in [0.2, 0.25) is 0 Å². The van der Waals surface area contributed by atoms with E-state index in [1.54, 1.807) is 0 Å². The van der Waals surface area contributed by atoms with Gasteiger partial charge in [-0.05, 0) is 36.4 Å². The predicted octanol–water partition coefficient (Wildman–Crippen LogP) is 3.04. The van der Waals surface area contributed by atoms with Crippen LogP contribution in [-0.2, 0) is 0 Å². The van der Waals surface area contributed by atoms with E-state index >= 15 is 0 Å². The van der Waals surface area contributed by atoms with Crippen molar-refractivity contribution in [3.8, 4) is 11.5 Å². The SMILES string of the molecule is [B]c1ccc(Oc2ccc(Br)cc2)cc1. The van der Waals surface area contributed by atoms with Gasteiger partial charge in [-0.3, -0.25) is 0 Å². The van der Waals surface area contributed by atoms with E-state index in [9.17, 15) is 0 Å². The lowest BCUT2D eigenvalue weighted by Crippen LogP contribution is -1.99. The summed E-state index contributed by atoms with van der Waals surface area (Å²) < 4.78 is 6.65. The molecule has 0 fully saturated rings. The minimum atomic E-state index is 0.734. The number of benzene rings is 2. The fraction of sp³-hybridized carbons (Fsp3) is 0. The van der Waals surface area contributed by atoms with E-state index in [0.717, 1.165) is 21.4 Å². The van der Waals surface area contributed by atoms with Gasteiger partial charge in [-0.2, -0.15) is 0 Å². The molecule has 2 rings (SSSR count). The van der Waals surface area contributed by atoms with E-state index in [0.29, 0.717) is 0 Å². The summed E-state index contributed by atoms with van der Waals surface area (Å²) in [6.07, 6.45) is 0. The molecule has 15 heavy (non-hydrogen) atoms. The molecule has 0 aromatic heterocycles. The first-order chi connectivity index (χ1) is 7.24. The highest BCUT2D eigenvalue weighted by molar-refractivity contribution is 9.10. The standard InChI is InChI=1S/C12H8BBrO/c13-9-1-5-11(6-2-9)15-12-7-3-10(14)4-8-12/h1-8H. The van der Waals surface area contributed by atoms with Gasteiger partial charge >= 0.3 is 0 Å². The van der Waals surface area contributed by atoms with Gasteiger partial charge in [0.15, 0.2) is 0 Å². The monoisotopic (exact) mass is 258 g/mol. The molecule has 2 radical (unpaired) electrons. The van der Waals surface area contributed by atoms with Crippen molar-refractivity contribution in [1.29, 1.82) is 0 Å². The van der Waals surface area contributed by atoms with Crippen LogP contribution in [-0.4, -0.2) is 7.85 Å². The topological polar surface area (TPSA) is 9.23 Å². The summed E-state index contributed by atoms with van der Waals surface area (Å²) in [6, 6.07) is 15.0. The van der Waals surface area contributed by atoms with E-state index in [1.807, 2.05) is 48.5 Å². The molecule has 1 nitrogen and oxygen atoms in total. The molecule has 0 atom stereocenters. The maximum Gasteiger partial charge on any atom is 0.127 e. The maximum absolute atomic E-state index is 5.61. The van der Waals surface area contributed by atoms with Gasteiger partial charge in [0.05, 0.1) is 0 Å². The van der Waals surface area contributed by atoms with Crippen LogP contribution in [0.5, 0.6) is 11.5 Å². The molecule has 72 valence electrons. The van der Waals surface area contributed by atoms with Crippen molar-refractivity contribution in [2.24, 2.45) is 0 Å². The van der Waals surface area contributed by atoms with Crippen molar-refractivity contribution >= 4 is 29.2 Å². The third-order valence-electron chi connectivity index (χ3n) is 1.93. The van der Waals surface area contributed by atoms with Gasteiger partial charge < -0.3 is 4.74 Å². The zero-order chi connectivity index (χ0) is 10.7. The zero-order valence-corrected chi connectivity index (χ0v) is 9.57. The highest BCUT2D eigenvalue weighted by atomic mass is 79.9. The lowest BCUT2D eigenvalue weighted by molar-refractivity contribution is 0.483. The molecule has 0 spiro atoms. The number of hydrogen-bond acceptors (Lipinski definition) is 1. The van der Waals surface area contributed by atoms with Crippen LogP contribution in [0.4, 0.5) is 0 Å². The summed E-state index contributed by atoms with van der Waals surface area (Å²) in [5, 5.41) is 0. The predicted molar refractivity (Wildman–Crippen MR) is 66.0 cm³/mol. The number of rotatable bonds is 2. The Hall–Kier alpha value is -1.22. The van der Waals surface area contributed by atoms with Gasteiger partial charge in [-0.25, -0.2) is 0 Å². The van der Waals surface area contributed by atoms with E-state index in [-0.39, 0.29) is 0 Å². The molecule has 0 aliphatic carbocycles. The Morgan fingerprint density at radius 2 is 1.27 bits per heavy atom. The summed E-state index contributed by atoms with van der Waals surface area (Å²) in [6.45, 7) is 0. The third-order valence-corrected chi connectivity index (χ3v) is 2.46. The van der Waals surface area contributed by atoms with Gasteiger partial charge in [0, 0.05) is 4.47 Å². The van der Waals surface area contributed by atoms with E-state index in [2.05, 4.69) is 15.9 Å². The van der Waals surface area contributed by atoms with Gasteiger partial charge in [0.2, 0.25) is 0 Å². The second kappa shape index (κ2) is 4.54. The number of halogens is 1. The first-order valence-electron chi connectivity index (χ1n) is 4.53. The molecule has 0 bridgehead atoms. The first-order valence-corrected chi connectivity index (χ1v) is 5.32. The number of ether oxygens (including phenoxy) is 1. The molecule has 2 aromatic rings. The quantitative estimate of drug-likeness (QED) is 0.753. The summed E-state index contributed by atoms with van der Waals surface area (Å²) in [5.41, 5.74) is 0.734. The summed E-state index contributed by atoms with van der Waals surface area (Å²) in [4.78, 5) is 0. The van der Waals surface area contributed by atoms with Crippen molar-refractivity contribution < 1.29 is 4.74 Å². The Kier molecular flexibility index (Phi) is 3.12. The molecule has 0 amide bonds. The molecular weight excluding hydrogens is 251 g/mol. The average molecular weight is 259 g/mol. The van der Waals surface area contributed by atoms with Crippen molar-refractivity contribution in [2.75, 3.05) is 0 Å². The molecule has 0 aliphatic rings. The van der Waals surface area contributed by atoms with Crippen molar-refractivity contribution in [3.63, 3.8) is 0 Å². The Morgan fingerprint density at radius 3 is 1.80 bits per heavy atom. The van der Waals surface area contributed by atoms with Gasteiger partial charge in [-0.15, -0.1) is 0 Å². The molecule has 0 saturated carbocycles. The molecule has 0 saturated heterocycles. The first kappa shape index (κ1) is 10.3. The smallest absolute Gasteiger partial charge is 0.127 e. The lowest BCUT2D eigenvalue weighted by Gasteiger charge is -2.05. The highest BCUT2D eigenvalue weighted by Gasteiger charge is 1.96. The molecule has 0 N–H and O–H groups in total. The number of hydrogen-bond donors (Lipinski definition) is 0. The maximum atomic E-state index is 5.61. The third kappa shape index (κ3) is 2.86. The minimum Gasteiger partial charge on any atom is -0.457 e. The van der Waals surface area contributed by atoms with Gasteiger partial charge in [-0.1, -0.05) is 33.5 Å². The van der Waals surface area contributed by atoms with Crippen LogP contribution in [0.1, 0.15) is 0 Å². The van der Waals surface area contributed by atoms with Gasteiger partial charge in [0.1, 0.15) is 19.3 Å². The van der Waals surface area contributed by atoms with Gasteiger partial charge in [0.25, 0.3) is 0 Å². The van der Waals surface area contributed by atoms with Crippen LogP contribution >= 0.6 is 15.9 Å². The Balaban J connectivity index is 2.15. The summed E-state index contributed by atoms with van der Waals surface area (Å²) in [7, 11) is 5.58. The van der Waals surface area contributed by atoms with Crippen LogP contribution in [0.25, 0.3) is 0 Å². The van der Waals surface area contributed by atoms with Crippen LogP contribution < -0.4 is 10.2 Å². The van der Waals surface area contributed by atoms with Crippen LogP contribution in [0.15, 0.2) is 53.0 Å². The van der Waals surface area contributed by atoms with Crippen molar-refractivity contribution in [1.82, 2.24) is 0 Å². The Morgan fingerprint density at radius 1 is 0.800 bits per heavy atom. The Bertz CT molecular complexity index is 393. The molecule has 0 heterocycles. The van der Waals surface area contributed by atoms with Crippen LogP contribution in [0.3, 0.4) is 0 Å². The molecular formula is C12H8BBrO.